The molecular formula is C16H22N2O5S. The van der Waals surface area contributed by atoms with E-state index in [-0.39, 0.29) is 37.3 Å². The number of carbonyl (C=O) groups is 1. The molecule has 0 radical (unpaired) electrons. The van der Waals surface area contributed by atoms with Crippen LogP contribution in [-0.4, -0.2) is 67.6 Å². The smallest absolute Gasteiger partial charge is 0.248 e. The van der Waals surface area contributed by atoms with Crippen LogP contribution in [0.25, 0.3) is 0 Å². The van der Waals surface area contributed by atoms with E-state index < -0.39 is 14.6 Å². The van der Waals surface area contributed by atoms with E-state index in [1.54, 1.807) is 23.2 Å². The zero-order valence-corrected chi connectivity index (χ0v) is 14.5. The summed E-state index contributed by atoms with van der Waals surface area (Å²) in [7, 11) is -3.23. The van der Waals surface area contributed by atoms with Crippen molar-refractivity contribution < 1.29 is 22.7 Å². The van der Waals surface area contributed by atoms with Crippen molar-refractivity contribution in [2.24, 2.45) is 5.92 Å². The summed E-state index contributed by atoms with van der Waals surface area (Å²) in [4.78, 5) is 17.6. The van der Waals surface area contributed by atoms with E-state index in [9.17, 15) is 13.2 Å². The average Bonchev–Trinajstić information content (AvgIpc) is 2.81. The molecule has 0 aliphatic carbocycles. The molecular weight excluding hydrogens is 332 g/mol. The second-order valence-corrected chi connectivity index (χ2v) is 8.69. The first kappa shape index (κ1) is 17.2. The zero-order chi connectivity index (χ0) is 17.2. The molecule has 2 aliphatic heterocycles. The molecule has 0 saturated carbocycles. The fourth-order valence-corrected chi connectivity index (χ4v) is 5.78. The van der Waals surface area contributed by atoms with Crippen molar-refractivity contribution in [2.75, 3.05) is 38.7 Å². The summed E-state index contributed by atoms with van der Waals surface area (Å²) < 4.78 is 35.0. The third-order valence-electron chi connectivity index (χ3n) is 4.87. The number of aromatic nitrogens is 1. The molecule has 8 heteroatoms. The number of sulfone groups is 1. The minimum atomic E-state index is -3.23. The zero-order valence-electron chi connectivity index (χ0n) is 13.7. The monoisotopic (exact) mass is 354 g/mol. The van der Waals surface area contributed by atoms with Gasteiger partial charge in [-0.15, -0.1) is 0 Å². The molecule has 1 amide bonds. The molecule has 0 bridgehead atoms. The van der Waals surface area contributed by atoms with E-state index in [1.807, 2.05) is 13.0 Å². The first-order valence-electron chi connectivity index (χ1n) is 8.10. The second kappa shape index (κ2) is 6.68. The van der Waals surface area contributed by atoms with Gasteiger partial charge in [-0.1, -0.05) is 6.07 Å². The highest BCUT2D eigenvalue weighted by molar-refractivity contribution is 7.93. The predicted molar refractivity (Wildman–Crippen MR) is 87.4 cm³/mol. The molecule has 3 heterocycles. The van der Waals surface area contributed by atoms with Gasteiger partial charge in [0.05, 0.1) is 12.4 Å². The van der Waals surface area contributed by atoms with E-state index in [1.165, 1.54) is 0 Å². The number of pyridine rings is 1. The molecule has 1 spiro atoms. The average molecular weight is 354 g/mol. The van der Waals surface area contributed by atoms with Crippen molar-refractivity contribution in [3.8, 4) is 5.88 Å². The molecule has 0 aromatic carbocycles. The predicted octanol–water partition coefficient (Wildman–Crippen LogP) is 0.513. The summed E-state index contributed by atoms with van der Waals surface area (Å²) in [5.74, 6) is 0.353. The van der Waals surface area contributed by atoms with Gasteiger partial charge in [0.1, 0.15) is 11.4 Å². The lowest BCUT2D eigenvalue weighted by molar-refractivity contribution is -0.142. The van der Waals surface area contributed by atoms with Gasteiger partial charge in [0.15, 0.2) is 9.84 Å². The molecule has 3 rings (SSSR count). The normalized spacial score (nSPS) is 23.9. The number of hydrogen-bond acceptors (Lipinski definition) is 6. The van der Waals surface area contributed by atoms with Crippen LogP contribution in [0, 0.1) is 5.92 Å². The summed E-state index contributed by atoms with van der Waals surface area (Å²) in [6, 6.07) is 5.36. The number of amides is 1. The van der Waals surface area contributed by atoms with Crippen LogP contribution in [0.1, 0.15) is 13.3 Å². The fourth-order valence-electron chi connectivity index (χ4n) is 3.38. The van der Waals surface area contributed by atoms with Crippen LogP contribution in [0.5, 0.6) is 5.88 Å². The lowest BCUT2D eigenvalue weighted by atomic mass is 9.83. The molecule has 0 unspecified atom stereocenters. The number of ether oxygens (including phenoxy) is 2. The van der Waals surface area contributed by atoms with Crippen molar-refractivity contribution in [3.63, 3.8) is 0 Å². The molecule has 132 valence electrons. The van der Waals surface area contributed by atoms with Gasteiger partial charge < -0.3 is 14.4 Å². The van der Waals surface area contributed by atoms with E-state index in [0.29, 0.717) is 25.5 Å². The Morgan fingerprint density at radius 2 is 2.21 bits per heavy atom. The number of likely N-dealkylation sites (tertiary alicyclic amines) is 1. The van der Waals surface area contributed by atoms with Crippen LogP contribution in [0.3, 0.4) is 0 Å². The maximum atomic E-state index is 12.5. The van der Waals surface area contributed by atoms with Gasteiger partial charge in [-0.25, -0.2) is 13.4 Å². The van der Waals surface area contributed by atoms with E-state index in [4.69, 9.17) is 9.47 Å². The fraction of sp³-hybridized carbons (Fsp3) is 0.625. The van der Waals surface area contributed by atoms with Crippen LogP contribution in [0.4, 0.5) is 0 Å². The van der Waals surface area contributed by atoms with Crippen molar-refractivity contribution in [2.45, 2.75) is 18.1 Å². The van der Waals surface area contributed by atoms with Gasteiger partial charge in [-0.3, -0.25) is 4.79 Å². The topological polar surface area (TPSA) is 85.8 Å². The molecule has 1 aromatic heterocycles. The molecule has 2 saturated heterocycles. The van der Waals surface area contributed by atoms with Crippen LogP contribution >= 0.6 is 0 Å². The van der Waals surface area contributed by atoms with E-state index in [2.05, 4.69) is 4.98 Å². The van der Waals surface area contributed by atoms with Gasteiger partial charge in [0.2, 0.25) is 11.8 Å². The van der Waals surface area contributed by atoms with Crippen molar-refractivity contribution in [3.05, 3.63) is 24.4 Å². The van der Waals surface area contributed by atoms with Crippen molar-refractivity contribution in [1.29, 1.82) is 0 Å². The minimum absolute atomic E-state index is 0.00172. The highest BCUT2D eigenvalue weighted by Gasteiger charge is 2.62. The molecule has 2 aliphatic rings. The summed E-state index contributed by atoms with van der Waals surface area (Å²) in [6.07, 6.45) is 2.19. The third kappa shape index (κ3) is 3.00. The summed E-state index contributed by atoms with van der Waals surface area (Å²) >= 11 is 0. The summed E-state index contributed by atoms with van der Waals surface area (Å²) in [5, 5.41) is 0. The van der Waals surface area contributed by atoms with Crippen LogP contribution in [0.15, 0.2) is 24.4 Å². The Morgan fingerprint density at radius 3 is 2.88 bits per heavy atom. The Hall–Kier alpha value is -1.67. The molecule has 1 atom stereocenters. The summed E-state index contributed by atoms with van der Waals surface area (Å²) in [6.45, 7) is 3.04. The van der Waals surface area contributed by atoms with E-state index >= 15 is 0 Å². The largest absolute Gasteiger partial charge is 0.477 e. The van der Waals surface area contributed by atoms with Crippen LogP contribution < -0.4 is 4.74 Å². The maximum absolute atomic E-state index is 12.5. The minimum Gasteiger partial charge on any atom is -0.477 e. The quantitative estimate of drug-likeness (QED) is 0.740. The van der Waals surface area contributed by atoms with Gasteiger partial charge in [0, 0.05) is 37.9 Å². The second-order valence-electron chi connectivity index (χ2n) is 6.24. The Kier molecular flexibility index (Phi) is 4.78. The number of carbonyl (C=O) groups excluding carboxylic acids is 1. The van der Waals surface area contributed by atoms with Crippen molar-refractivity contribution in [1.82, 2.24) is 9.88 Å². The SMILES string of the molecule is CCOCC(=O)N1CC2(C1)[C@@H](COc1ccccn1)CCS2(=O)=O. The van der Waals surface area contributed by atoms with Gasteiger partial charge in [-0.05, 0) is 19.4 Å². The van der Waals surface area contributed by atoms with Gasteiger partial charge in [0.25, 0.3) is 0 Å². The highest BCUT2D eigenvalue weighted by atomic mass is 32.2. The Bertz CT molecular complexity index is 686. The van der Waals surface area contributed by atoms with Crippen molar-refractivity contribution >= 4 is 15.7 Å². The molecule has 7 nitrogen and oxygen atoms in total. The van der Waals surface area contributed by atoms with Gasteiger partial charge >= 0.3 is 0 Å². The molecule has 1 aromatic rings. The first-order valence-corrected chi connectivity index (χ1v) is 9.75. The molecule has 2 fully saturated rings. The lowest BCUT2D eigenvalue weighted by Gasteiger charge is -2.49. The Labute approximate surface area is 141 Å². The van der Waals surface area contributed by atoms with Crippen LogP contribution in [-0.2, 0) is 19.4 Å². The van der Waals surface area contributed by atoms with Gasteiger partial charge in [-0.2, -0.15) is 0 Å². The third-order valence-corrected chi connectivity index (χ3v) is 7.47. The Morgan fingerprint density at radius 1 is 1.42 bits per heavy atom. The van der Waals surface area contributed by atoms with E-state index in [0.717, 1.165) is 0 Å². The first-order chi connectivity index (χ1) is 11.5. The molecule has 0 N–H and O–H groups in total. The highest BCUT2D eigenvalue weighted by Crippen LogP contribution is 2.44. The van der Waals surface area contributed by atoms with Crippen LogP contribution in [0.2, 0.25) is 0 Å². The Balaban J connectivity index is 1.65. The lowest BCUT2D eigenvalue weighted by Crippen LogP contribution is -2.69. The number of hydrogen-bond donors (Lipinski definition) is 0. The summed E-state index contributed by atoms with van der Waals surface area (Å²) in [5.41, 5.74) is 0. The maximum Gasteiger partial charge on any atom is 0.248 e. The number of nitrogens with zero attached hydrogens (tertiary/aromatic N) is 2. The standard InChI is InChI=1S/C16H22N2O5S/c1-2-22-10-15(19)18-11-16(12-18)13(6-8-24(16,20)21)9-23-14-5-3-4-7-17-14/h3-5,7,13H,2,6,8-12H2,1H3/t13-/m1/s1. The number of rotatable bonds is 6. The molecule has 24 heavy (non-hydrogen) atoms.